The molecule has 1 aromatic heterocycles. The molecule has 0 aliphatic heterocycles. The topological polar surface area (TPSA) is 100 Å². The number of rotatable bonds is 8. The monoisotopic (exact) mass is 301 g/mol. The van der Waals surface area contributed by atoms with Crippen molar-refractivity contribution >= 4 is 15.8 Å². The Morgan fingerprint density at radius 1 is 1.45 bits per heavy atom. The van der Waals surface area contributed by atoms with Crippen molar-refractivity contribution in [1.29, 1.82) is 0 Å². The third-order valence-electron chi connectivity index (χ3n) is 3.29. The van der Waals surface area contributed by atoms with Crippen LogP contribution in [0.3, 0.4) is 0 Å². The van der Waals surface area contributed by atoms with Gasteiger partial charge in [-0.05, 0) is 32.5 Å². The number of nitrogen functional groups attached to an aromatic ring is 1. The van der Waals surface area contributed by atoms with Gasteiger partial charge in [0.25, 0.3) is 0 Å². The predicted octanol–water partition coefficient (Wildman–Crippen LogP) is 0.376. The van der Waals surface area contributed by atoms with E-state index in [0.717, 1.165) is 6.42 Å². The largest absolute Gasteiger partial charge is 0.308 e. The van der Waals surface area contributed by atoms with E-state index >= 15 is 0 Å². The van der Waals surface area contributed by atoms with Gasteiger partial charge in [0, 0.05) is 25.3 Å². The van der Waals surface area contributed by atoms with Gasteiger partial charge in [0.05, 0.1) is 0 Å². The van der Waals surface area contributed by atoms with Crippen molar-refractivity contribution in [2.24, 2.45) is 5.84 Å². The Kier molecular flexibility index (Phi) is 6.34. The lowest BCUT2D eigenvalue weighted by Gasteiger charge is -2.23. The van der Waals surface area contributed by atoms with E-state index in [1.165, 1.54) is 18.3 Å². The molecule has 0 aliphatic carbocycles. The number of pyridine rings is 1. The third kappa shape index (κ3) is 4.71. The minimum atomic E-state index is -3.52. The lowest BCUT2D eigenvalue weighted by Crippen LogP contribution is -2.37. The second-order valence-electron chi connectivity index (χ2n) is 4.66. The fourth-order valence-corrected chi connectivity index (χ4v) is 2.56. The van der Waals surface area contributed by atoms with Gasteiger partial charge in [-0.3, -0.25) is 0 Å². The maximum atomic E-state index is 12.0. The Morgan fingerprint density at radius 3 is 2.65 bits per heavy atom. The summed E-state index contributed by atoms with van der Waals surface area (Å²) in [5.74, 6) is 5.60. The maximum absolute atomic E-state index is 12.0. The lowest BCUT2D eigenvalue weighted by molar-refractivity contribution is 0.256. The summed E-state index contributed by atoms with van der Waals surface area (Å²) in [5.41, 5.74) is 2.35. The number of likely N-dealkylation sites (N-methyl/N-ethyl adjacent to an activating group) is 1. The van der Waals surface area contributed by atoms with E-state index in [0.29, 0.717) is 24.9 Å². The van der Waals surface area contributed by atoms with Gasteiger partial charge in [0.15, 0.2) is 0 Å². The van der Waals surface area contributed by atoms with Crippen LogP contribution in [0.25, 0.3) is 0 Å². The predicted molar refractivity (Wildman–Crippen MR) is 79.6 cm³/mol. The average molecular weight is 301 g/mol. The van der Waals surface area contributed by atoms with Crippen LogP contribution in [0.2, 0.25) is 0 Å². The number of aromatic nitrogens is 1. The standard InChI is InChI=1S/C12H23N5O2S/c1-4-10(2)17(3)8-7-15-20(18,19)11-5-6-12(16-13)14-9-11/h5-6,9-10,15H,4,7-8,13H2,1-3H3,(H,14,16). The van der Waals surface area contributed by atoms with Gasteiger partial charge in [-0.1, -0.05) is 6.92 Å². The molecule has 0 saturated heterocycles. The molecule has 1 unspecified atom stereocenters. The van der Waals surface area contributed by atoms with Crippen molar-refractivity contribution in [3.63, 3.8) is 0 Å². The first-order valence-electron chi connectivity index (χ1n) is 6.53. The molecule has 20 heavy (non-hydrogen) atoms. The first-order valence-corrected chi connectivity index (χ1v) is 8.01. The molecule has 0 aromatic carbocycles. The quantitative estimate of drug-likeness (QED) is 0.474. The molecule has 0 aliphatic rings. The van der Waals surface area contributed by atoms with E-state index in [2.05, 4.69) is 33.9 Å². The molecular formula is C12H23N5O2S. The Labute approximate surface area is 120 Å². The van der Waals surface area contributed by atoms with Crippen LogP contribution >= 0.6 is 0 Å². The summed E-state index contributed by atoms with van der Waals surface area (Å²) in [6, 6.07) is 3.40. The molecule has 1 rings (SSSR count). The summed E-state index contributed by atoms with van der Waals surface area (Å²) in [7, 11) is -1.54. The zero-order chi connectivity index (χ0) is 15.2. The highest BCUT2D eigenvalue weighted by atomic mass is 32.2. The molecule has 1 heterocycles. The van der Waals surface area contributed by atoms with E-state index in [-0.39, 0.29) is 4.90 Å². The van der Waals surface area contributed by atoms with Gasteiger partial charge >= 0.3 is 0 Å². The fourth-order valence-electron chi connectivity index (χ4n) is 1.60. The third-order valence-corrected chi connectivity index (χ3v) is 4.74. The Morgan fingerprint density at radius 2 is 2.15 bits per heavy atom. The van der Waals surface area contributed by atoms with Crippen molar-refractivity contribution < 1.29 is 8.42 Å². The number of nitrogens with one attached hydrogen (secondary N) is 2. The van der Waals surface area contributed by atoms with Gasteiger partial charge in [-0.25, -0.2) is 24.0 Å². The molecule has 0 radical (unpaired) electrons. The number of nitrogens with two attached hydrogens (primary N) is 1. The molecule has 0 saturated carbocycles. The normalized spacial score (nSPS) is 13.4. The highest BCUT2D eigenvalue weighted by molar-refractivity contribution is 7.89. The summed E-state index contributed by atoms with van der Waals surface area (Å²) in [6.45, 7) is 5.23. The highest BCUT2D eigenvalue weighted by Crippen LogP contribution is 2.09. The molecule has 8 heteroatoms. The zero-order valence-electron chi connectivity index (χ0n) is 12.1. The number of sulfonamides is 1. The Bertz CT molecular complexity index is 503. The van der Waals surface area contributed by atoms with Crippen LogP contribution in [-0.4, -0.2) is 44.5 Å². The van der Waals surface area contributed by atoms with Crippen molar-refractivity contribution in [2.75, 3.05) is 25.6 Å². The van der Waals surface area contributed by atoms with E-state index in [1.807, 2.05) is 7.05 Å². The first kappa shape index (κ1) is 16.8. The SMILES string of the molecule is CCC(C)N(C)CCNS(=O)(=O)c1ccc(NN)nc1. The van der Waals surface area contributed by atoms with Gasteiger partial charge in [0.1, 0.15) is 10.7 Å². The van der Waals surface area contributed by atoms with Crippen molar-refractivity contribution in [2.45, 2.75) is 31.2 Å². The van der Waals surface area contributed by atoms with Crippen LogP contribution < -0.4 is 16.0 Å². The van der Waals surface area contributed by atoms with Gasteiger partial charge in [-0.2, -0.15) is 0 Å². The van der Waals surface area contributed by atoms with Crippen molar-refractivity contribution in [1.82, 2.24) is 14.6 Å². The average Bonchev–Trinajstić information content (AvgIpc) is 2.46. The Hall–Kier alpha value is -1.22. The van der Waals surface area contributed by atoms with Gasteiger partial charge in [-0.15, -0.1) is 0 Å². The molecule has 114 valence electrons. The molecule has 4 N–H and O–H groups in total. The van der Waals surface area contributed by atoms with E-state index in [1.54, 1.807) is 0 Å². The molecule has 0 fully saturated rings. The van der Waals surface area contributed by atoms with E-state index in [4.69, 9.17) is 5.84 Å². The summed E-state index contributed by atoms with van der Waals surface area (Å²) in [5, 5.41) is 0. The van der Waals surface area contributed by atoms with Crippen LogP contribution in [0.1, 0.15) is 20.3 Å². The Balaban J connectivity index is 2.57. The molecule has 0 bridgehead atoms. The molecule has 1 atom stereocenters. The number of hydrogen-bond donors (Lipinski definition) is 3. The smallest absolute Gasteiger partial charge is 0.242 e. The zero-order valence-corrected chi connectivity index (χ0v) is 12.9. The van der Waals surface area contributed by atoms with E-state index in [9.17, 15) is 8.42 Å². The van der Waals surface area contributed by atoms with Crippen LogP contribution in [-0.2, 0) is 10.0 Å². The van der Waals surface area contributed by atoms with Gasteiger partial charge in [0.2, 0.25) is 10.0 Å². The molecule has 1 aromatic rings. The van der Waals surface area contributed by atoms with Crippen LogP contribution in [0, 0.1) is 0 Å². The van der Waals surface area contributed by atoms with Gasteiger partial charge < -0.3 is 10.3 Å². The molecule has 7 nitrogen and oxygen atoms in total. The van der Waals surface area contributed by atoms with E-state index < -0.39 is 10.0 Å². The number of hydrogen-bond acceptors (Lipinski definition) is 6. The van der Waals surface area contributed by atoms with Crippen LogP contribution in [0.5, 0.6) is 0 Å². The molecular weight excluding hydrogens is 278 g/mol. The summed E-state index contributed by atoms with van der Waals surface area (Å²) in [4.78, 5) is 6.12. The first-order chi connectivity index (χ1) is 9.40. The summed E-state index contributed by atoms with van der Waals surface area (Å²) >= 11 is 0. The van der Waals surface area contributed by atoms with Crippen LogP contribution in [0.4, 0.5) is 5.82 Å². The van der Waals surface area contributed by atoms with Crippen LogP contribution in [0.15, 0.2) is 23.2 Å². The number of nitrogens with zero attached hydrogens (tertiary/aromatic N) is 2. The summed E-state index contributed by atoms with van der Waals surface area (Å²) in [6.07, 6.45) is 2.30. The van der Waals surface area contributed by atoms with Crippen molar-refractivity contribution in [3.8, 4) is 0 Å². The minimum Gasteiger partial charge on any atom is -0.308 e. The molecule has 0 amide bonds. The maximum Gasteiger partial charge on any atom is 0.242 e. The lowest BCUT2D eigenvalue weighted by atomic mass is 10.2. The summed E-state index contributed by atoms with van der Waals surface area (Å²) < 4.78 is 26.6. The fraction of sp³-hybridized carbons (Fsp3) is 0.583. The number of hydrazine groups is 1. The second kappa shape index (κ2) is 7.53. The van der Waals surface area contributed by atoms with Crippen molar-refractivity contribution in [3.05, 3.63) is 18.3 Å². The number of anilines is 1. The highest BCUT2D eigenvalue weighted by Gasteiger charge is 2.15. The molecule has 0 spiro atoms. The minimum absolute atomic E-state index is 0.127. The second-order valence-corrected chi connectivity index (χ2v) is 6.43.